The molecule has 28 heavy (non-hydrogen) atoms. The van der Waals surface area contributed by atoms with Crippen LogP contribution in [-0.2, 0) is 15.6 Å². The van der Waals surface area contributed by atoms with Crippen LogP contribution < -0.4 is 4.31 Å². The van der Waals surface area contributed by atoms with Crippen molar-refractivity contribution >= 4 is 38.3 Å². The highest BCUT2D eigenvalue weighted by Gasteiger charge is 2.51. The van der Waals surface area contributed by atoms with Crippen molar-refractivity contribution in [1.29, 1.82) is 0 Å². The SMILES string of the molecule is Cc1ccc(S(=O)(=O)N2/C(=C/I)C(O)(c3ccccc3)c3ccccc32)cc1. The summed E-state index contributed by atoms with van der Waals surface area (Å²) in [6, 6.07) is 22.9. The fourth-order valence-electron chi connectivity index (χ4n) is 3.55. The molecule has 0 spiro atoms. The van der Waals surface area contributed by atoms with Gasteiger partial charge in [-0.05, 0) is 30.7 Å². The second-order valence-electron chi connectivity index (χ2n) is 6.67. The zero-order chi connectivity index (χ0) is 19.9. The van der Waals surface area contributed by atoms with Crippen LogP contribution in [0.4, 0.5) is 5.69 Å². The Hall–Kier alpha value is -2.16. The van der Waals surface area contributed by atoms with Gasteiger partial charge in [0.1, 0.15) is 0 Å². The molecule has 1 atom stereocenters. The number of halogens is 1. The largest absolute Gasteiger partial charge is 0.374 e. The summed E-state index contributed by atoms with van der Waals surface area (Å²) in [6.45, 7) is 1.91. The minimum absolute atomic E-state index is 0.181. The maximum Gasteiger partial charge on any atom is 0.268 e. The van der Waals surface area contributed by atoms with Gasteiger partial charge in [-0.25, -0.2) is 12.7 Å². The highest BCUT2D eigenvalue weighted by Crippen LogP contribution is 2.52. The van der Waals surface area contributed by atoms with E-state index < -0.39 is 15.6 Å². The first kappa shape index (κ1) is 19.2. The van der Waals surface area contributed by atoms with Crippen LogP contribution in [0, 0.1) is 6.92 Å². The van der Waals surface area contributed by atoms with Gasteiger partial charge in [0.15, 0.2) is 5.60 Å². The molecule has 0 saturated heterocycles. The monoisotopic (exact) mass is 503 g/mol. The van der Waals surface area contributed by atoms with Crippen LogP contribution in [0.25, 0.3) is 0 Å². The Kier molecular flexibility index (Phi) is 4.81. The minimum Gasteiger partial charge on any atom is -0.374 e. The van der Waals surface area contributed by atoms with E-state index in [0.717, 1.165) is 5.56 Å². The van der Waals surface area contributed by atoms with Crippen LogP contribution in [0.15, 0.2) is 93.5 Å². The third-order valence-electron chi connectivity index (χ3n) is 4.96. The number of nitrogens with zero attached hydrogens (tertiary/aromatic N) is 1. The van der Waals surface area contributed by atoms with Crippen LogP contribution in [0.1, 0.15) is 16.7 Å². The van der Waals surface area contributed by atoms with Crippen molar-refractivity contribution in [3.05, 3.63) is 105 Å². The normalized spacial score (nSPS) is 20.4. The lowest BCUT2D eigenvalue weighted by atomic mass is 9.86. The van der Waals surface area contributed by atoms with Gasteiger partial charge >= 0.3 is 0 Å². The number of anilines is 1. The van der Waals surface area contributed by atoms with Gasteiger partial charge < -0.3 is 5.11 Å². The van der Waals surface area contributed by atoms with Crippen LogP contribution >= 0.6 is 22.6 Å². The number of aryl methyl sites for hydroxylation is 1. The van der Waals surface area contributed by atoms with E-state index in [9.17, 15) is 13.5 Å². The zero-order valence-corrected chi connectivity index (χ0v) is 18.1. The van der Waals surface area contributed by atoms with E-state index in [0.29, 0.717) is 22.5 Å². The summed E-state index contributed by atoms with van der Waals surface area (Å²) in [6.07, 6.45) is 0. The van der Waals surface area contributed by atoms with E-state index in [-0.39, 0.29) is 4.90 Å². The molecule has 1 aliphatic rings. The predicted molar refractivity (Wildman–Crippen MR) is 119 cm³/mol. The van der Waals surface area contributed by atoms with Crippen molar-refractivity contribution in [3.8, 4) is 0 Å². The summed E-state index contributed by atoms with van der Waals surface area (Å²) in [5.41, 5.74) is 1.33. The van der Waals surface area contributed by atoms with Gasteiger partial charge in [0.2, 0.25) is 0 Å². The van der Waals surface area contributed by atoms with Crippen LogP contribution in [0.5, 0.6) is 0 Å². The quantitative estimate of drug-likeness (QED) is 0.527. The Morgan fingerprint density at radius 3 is 2.18 bits per heavy atom. The van der Waals surface area contributed by atoms with E-state index >= 15 is 0 Å². The topological polar surface area (TPSA) is 57.6 Å². The number of para-hydroxylation sites is 1. The summed E-state index contributed by atoms with van der Waals surface area (Å²) >= 11 is 1.99. The molecule has 6 heteroatoms. The average Bonchev–Trinajstić information content (AvgIpc) is 2.99. The number of sulfonamides is 1. The van der Waals surface area contributed by atoms with E-state index in [1.54, 1.807) is 64.7 Å². The first-order chi connectivity index (χ1) is 13.4. The lowest BCUT2D eigenvalue weighted by Gasteiger charge is -2.28. The summed E-state index contributed by atoms with van der Waals surface area (Å²) in [5.74, 6) is 0. The van der Waals surface area contributed by atoms with Crippen molar-refractivity contribution in [3.63, 3.8) is 0 Å². The number of fused-ring (bicyclic) bond motifs is 1. The molecule has 1 heterocycles. The molecular weight excluding hydrogens is 485 g/mol. The fraction of sp³-hybridized carbons (Fsp3) is 0.0909. The molecule has 0 aromatic heterocycles. The fourth-order valence-corrected chi connectivity index (χ4v) is 6.02. The van der Waals surface area contributed by atoms with E-state index in [1.165, 1.54) is 4.31 Å². The number of rotatable bonds is 3. The Labute approximate surface area is 178 Å². The molecule has 3 aromatic carbocycles. The summed E-state index contributed by atoms with van der Waals surface area (Å²) in [7, 11) is -3.91. The van der Waals surface area contributed by atoms with Gasteiger partial charge in [-0.2, -0.15) is 0 Å². The van der Waals surface area contributed by atoms with Crippen LogP contribution in [-0.4, -0.2) is 13.5 Å². The summed E-state index contributed by atoms with van der Waals surface area (Å²) in [5, 5.41) is 11.8. The Morgan fingerprint density at radius 1 is 0.929 bits per heavy atom. The molecule has 0 bridgehead atoms. The molecule has 0 fully saturated rings. The smallest absolute Gasteiger partial charge is 0.268 e. The van der Waals surface area contributed by atoms with E-state index in [1.807, 2.05) is 47.7 Å². The predicted octanol–water partition coefficient (Wildman–Crippen LogP) is 4.72. The van der Waals surface area contributed by atoms with Gasteiger partial charge in [-0.1, -0.05) is 88.8 Å². The lowest BCUT2D eigenvalue weighted by Crippen LogP contribution is -2.35. The van der Waals surface area contributed by atoms with Crippen molar-refractivity contribution in [2.24, 2.45) is 0 Å². The van der Waals surface area contributed by atoms with Gasteiger partial charge in [0.25, 0.3) is 10.0 Å². The minimum atomic E-state index is -3.91. The summed E-state index contributed by atoms with van der Waals surface area (Å²) in [4.78, 5) is 0.181. The number of hydrogen-bond acceptors (Lipinski definition) is 3. The van der Waals surface area contributed by atoms with Gasteiger partial charge in [0.05, 0.1) is 16.3 Å². The van der Waals surface area contributed by atoms with Crippen molar-refractivity contribution < 1.29 is 13.5 Å². The number of benzene rings is 3. The first-order valence-electron chi connectivity index (χ1n) is 8.71. The van der Waals surface area contributed by atoms with Crippen LogP contribution in [0.2, 0.25) is 0 Å². The van der Waals surface area contributed by atoms with E-state index in [2.05, 4.69) is 0 Å². The molecular formula is C22H18INO3S. The van der Waals surface area contributed by atoms with Crippen molar-refractivity contribution in [2.45, 2.75) is 17.4 Å². The Bertz CT molecular complexity index is 1160. The molecule has 0 saturated carbocycles. The highest BCUT2D eigenvalue weighted by atomic mass is 127. The highest BCUT2D eigenvalue weighted by molar-refractivity contribution is 14.1. The molecule has 0 amide bonds. The van der Waals surface area contributed by atoms with E-state index in [4.69, 9.17) is 0 Å². The maximum absolute atomic E-state index is 13.6. The molecule has 1 unspecified atom stereocenters. The molecule has 1 aliphatic heterocycles. The molecule has 0 aliphatic carbocycles. The zero-order valence-electron chi connectivity index (χ0n) is 15.1. The number of hydrogen-bond donors (Lipinski definition) is 1. The third-order valence-corrected chi connectivity index (χ3v) is 7.29. The molecule has 3 aromatic rings. The molecule has 4 rings (SSSR count). The van der Waals surface area contributed by atoms with Gasteiger partial charge in [-0.3, -0.25) is 0 Å². The Balaban J connectivity index is 1.98. The standard InChI is InChI=1S/C22H18INO3S/c1-16-11-13-18(14-12-16)28(26,27)24-20-10-6-5-9-19(20)22(25,21(24)15-23)17-7-3-2-4-8-17/h2-15,25H,1H3/b21-15+. The Morgan fingerprint density at radius 2 is 1.54 bits per heavy atom. The average molecular weight is 503 g/mol. The second kappa shape index (κ2) is 7.02. The molecule has 0 radical (unpaired) electrons. The van der Waals surface area contributed by atoms with Gasteiger partial charge in [-0.15, -0.1) is 0 Å². The van der Waals surface area contributed by atoms with Crippen molar-refractivity contribution in [2.75, 3.05) is 4.31 Å². The second-order valence-corrected chi connectivity index (χ2v) is 9.08. The third kappa shape index (κ3) is 2.78. The molecule has 142 valence electrons. The van der Waals surface area contributed by atoms with Crippen molar-refractivity contribution in [1.82, 2.24) is 0 Å². The van der Waals surface area contributed by atoms with Gasteiger partial charge in [0, 0.05) is 9.65 Å². The molecule has 4 nitrogen and oxygen atoms in total. The maximum atomic E-state index is 13.6. The molecule has 1 N–H and O–H groups in total. The lowest BCUT2D eigenvalue weighted by molar-refractivity contribution is 0.128. The van der Waals surface area contributed by atoms with Crippen LogP contribution in [0.3, 0.4) is 0 Å². The number of aliphatic hydroxyl groups is 1. The first-order valence-corrected chi connectivity index (χ1v) is 11.4. The summed E-state index contributed by atoms with van der Waals surface area (Å²) < 4.78 is 30.0.